The summed E-state index contributed by atoms with van der Waals surface area (Å²) in [6, 6.07) is -0.254. The average molecular weight is 270 g/mol. The monoisotopic (exact) mass is 270 g/mol. The summed E-state index contributed by atoms with van der Waals surface area (Å²) < 4.78 is 0. The largest absolute Gasteiger partial charge is 0.481 e. The van der Waals surface area contributed by atoms with E-state index in [9.17, 15) is 9.59 Å². The Labute approximate surface area is 115 Å². The SMILES string of the molecule is CCCC(CNC(=O)NCC1(C)CCCC1)C(=O)O. The molecule has 0 radical (unpaired) electrons. The first-order valence-electron chi connectivity index (χ1n) is 7.21. The molecule has 0 bridgehead atoms. The van der Waals surface area contributed by atoms with Gasteiger partial charge < -0.3 is 15.7 Å². The number of urea groups is 1. The van der Waals surface area contributed by atoms with Gasteiger partial charge in [-0.3, -0.25) is 4.79 Å². The van der Waals surface area contributed by atoms with E-state index in [1.165, 1.54) is 12.8 Å². The first-order chi connectivity index (χ1) is 8.97. The van der Waals surface area contributed by atoms with Gasteiger partial charge in [-0.15, -0.1) is 0 Å². The minimum absolute atomic E-state index is 0.200. The Morgan fingerprint density at radius 1 is 1.26 bits per heavy atom. The number of hydrogen-bond donors (Lipinski definition) is 3. The maximum Gasteiger partial charge on any atom is 0.314 e. The number of carboxylic acid groups (broad SMARTS) is 1. The molecule has 1 atom stereocenters. The molecule has 0 aromatic heterocycles. The molecule has 1 unspecified atom stereocenters. The van der Waals surface area contributed by atoms with Crippen LogP contribution in [0.2, 0.25) is 0 Å². The second-order valence-corrected chi connectivity index (χ2v) is 5.91. The van der Waals surface area contributed by atoms with Crippen LogP contribution in [0, 0.1) is 11.3 Å². The third kappa shape index (κ3) is 5.49. The highest BCUT2D eigenvalue weighted by atomic mass is 16.4. The summed E-state index contributed by atoms with van der Waals surface area (Å²) in [6.45, 7) is 5.00. The van der Waals surface area contributed by atoms with Gasteiger partial charge in [-0.05, 0) is 24.7 Å². The van der Waals surface area contributed by atoms with Crippen molar-refractivity contribution in [3.63, 3.8) is 0 Å². The first-order valence-corrected chi connectivity index (χ1v) is 7.21. The number of aliphatic carboxylic acids is 1. The number of carbonyl (C=O) groups is 2. The van der Waals surface area contributed by atoms with Crippen LogP contribution in [-0.4, -0.2) is 30.2 Å². The van der Waals surface area contributed by atoms with Crippen LogP contribution in [0.1, 0.15) is 52.4 Å². The Bertz CT molecular complexity index is 312. The van der Waals surface area contributed by atoms with Crippen molar-refractivity contribution >= 4 is 12.0 Å². The van der Waals surface area contributed by atoms with Crippen LogP contribution < -0.4 is 10.6 Å². The van der Waals surface area contributed by atoms with Gasteiger partial charge in [-0.1, -0.05) is 33.1 Å². The van der Waals surface area contributed by atoms with Crippen molar-refractivity contribution < 1.29 is 14.7 Å². The van der Waals surface area contributed by atoms with Crippen LogP contribution in [0.4, 0.5) is 4.79 Å². The molecule has 1 aliphatic carbocycles. The van der Waals surface area contributed by atoms with Crippen LogP contribution in [0.15, 0.2) is 0 Å². The third-order valence-electron chi connectivity index (χ3n) is 3.98. The standard InChI is InChI=1S/C14H26N2O3/c1-3-6-11(12(17)18)9-15-13(19)16-10-14(2)7-4-5-8-14/h11H,3-10H2,1-2H3,(H,17,18)(H2,15,16,19). The van der Waals surface area contributed by atoms with Gasteiger partial charge in [0.05, 0.1) is 5.92 Å². The van der Waals surface area contributed by atoms with Crippen molar-refractivity contribution in [3.05, 3.63) is 0 Å². The lowest BCUT2D eigenvalue weighted by molar-refractivity contribution is -0.141. The van der Waals surface area contributed by atoms with E-state index in [0.717, 1.165) is 19.3 Å². The van der Waals surface area contributed by atoms with Crippen molar-refractivity contribution in [1.82, 2.24) is 10.6 Å². The number of carboxylic acids is 1. The molecule has 0 saturated heterocycles. The van der Waals surface area contributed by atoms with E-state index in [2.05, 4.69) is 17.6 Å². The van der Waals surface area contributed by atoms with Crippen molar-refractivity contribution in [3.8, 4) is 0 Å². The van der Waals surface area contributed by atoms with Crippen molar-refractivity contribution in [2.75, 3.05) is 13.1 Å². The quantitative estimate of drug-likeness (QED) is 0.664. The Hall–Kier alpha value is -1.26. The van der Waals surface area contributed by atoms with Crippen molar-refractivity contribution in [1.29, 1.82) is 0 Å². The third-order valence-corrected chi connectivity index (χ3v) is 3.98. The number of nitrogens with one attached hydrogen (secondary N) is 2. The molecule has 5 nitrogen and oxygen atoms in total. The molecular weight excluding hydrogens is 244 g/mol. The summed E-state index contributed by atoms with van der Waals surface area (Å²) in [5.41, 5.74) is 0.215. The Kier molecular flexibility index (Phi) is 6.12. The van der Waals surface area contributed by atoms with Crippen LogP contribution in [0.5, 0.6) is 0 Å². The molecule has 0 aromatic rings. The molecule has 1 rings (SSSR count). The minimum Gasteiger partial charge on any atom is -0.481 e. The number of amides is 2. The maximum atomic E-state index is 11.7. The van der Waals surface area contributed by atoms with Crippen LogP contribution in [0.3, 0.4) is 0 Å². The highest BCUT2D eigenvalue weighted by Crippen LogP contribution is 2.36. The molecule has 110 valence electrons. The predicted octanol–water partition coefficient (Wildman–Crippen LogP) is 2.37. The lowest BCUT2D eigenvalue weighted by Crippen LogP contribution is -2.43. The van der Waals surface area contributed by atoms with E-state index in [0.29, 0.717) is 13.0 Å². The Balaban J connectivity index is 2.25. The van der Waals surface area contributed by atoms with Crippen LogP contribution in [-0.2, 0) is 4.79 Å². The van der Waals surface area contributed by atoms with Crippen molar-refractivity contribution in [2.45, 2.75) is 52.4 Å². The van der Waals surface area contributed by atoms with Gasteiger partial charge in [-0.25, -0.2) is 4.79 Å². The number of carbonyl (C=O) groups excluding carboxylic acids is 1. The van der Waals surface area contributed by atoms with Gasteiger partial charge in [0.25, 0.3) is 0 Å². The molecule has 2 amide bonds. The Morgan fingerprint density at radius 2 is 1.89 bits per heavy atom. The average Bonchev–Trinajstić information content (AvgIpc) is 2.79. The van der Waals surface area contributed by atoms with E-state index < -0.39 is 11.9 Å². The van der Waals surface area contributed by atoms with E-state index in [1.807, 2.05) is 6.92 Å². The fourth-order valence-electron chi connectivity index (χ4n) is 2.64. The highest BCUT2D eigenvalue weighted by molar-refractivity contribution is 5.75. The van der Waals surface area contributed by atoms with E-state index >= 15 is 0 Å². The topological polar surface area (TPSA) is 78.4 Å². The van der Waals surface area contributed by atoms with Gasteiger partial charge in [0.2, 0.25) is 0 Å². The zero-order valence-corrected chi connectivity index (χ0v) is 12.0. The molecular formula is C14H26N2O3. The number of hydrogen-bond acceptors (Lipinski definition) is 2. The number of rotatable bonds is 7. The molecule has 0 spiro atoms. The van der Waals surface area contributed by atoms with Gasteiger partial charge >= 0.3 is 12.0 Å². The lowest BCUT2D eigenvalue weighted by Gasteiger charge is -2.24. The van der Waals surface area contributed by atoms with Gasteiger partial charge in [0.1, 0.15) is 0 Å². The molecule has 3 N–H and O–H groups in total. The molecule has 19 heavy (non-hydrogen) atoms. The Morgan fingerprint density at radius 3 is 2.42 bits per heavy atom. The fraction of sp³-hybridized carbons (Fsp3) is 0.857. The predicted molar refractivity (Wildman–Crippen MR) is 74.0 cm³/mol. The smallest absolute Gasteiger partial charge is 0.314 e. The zero-order chi connectivity index (χ0) is 14.3. The molecule has 0 aromatic carbocycles. The van der Waals surface area contributed by atoms with Gasteiger partial charge in [0, 0.05) is 13.1 Å². The molecule has 5 heteroatoms. The molecule has 1 saturated carbocycles. The maximum absolute atomic E-state index is 11.7. The minimum atomic E-state index is -0.843. The second kappa shape index (κ2) is 7.36. The zero-order valence-electron chi connectivity index (χ0n) is 12.0. The summed E-state index contributed by atoms with van der Waals surface area (Å²) >= 11 is 0. The molecule has 0 heterocycles. The summed E-state index contributed by atoms with van der Waals surface area (Å²) in [5.74, 6) is -1.33. The molecule has 1 aliphatic rings. The second-order valence-electron chi connectivity index (χ2n) is 5.91. The molecule has 0 aliphatic heterocycles. The van der Waals surface area contributed by atoms with Gasteiger partial charge in [-0.2, -0.15) is 0 Å². The van der Waals surface area contributed by atoms with E-state index in [-0.39, 0.29) is 18.0 Å². The highest BCUT2D eigenvalue weighted by Gasteiger charge is 2.28. The van der Waals surface area contributed by atoms with Gasteiger partial charge in [0.15, 0.2) is 0 Å². The summed E-state index contributed by atoms with van der Waals surface area (Å²) in [7, 11) is 0. The first kappa shape index (κ1) is 15.8. The lowest BCUT2D eigenvalue weighted by atomic mass is 9.89. The van der Waals surface area contributed by atoms with Crippen LogP contribution in [0.25, 0.3) is 0 Å². The summed E-state index contributed by atoms with van der Waals surface area (Å²) in [6.07, 6.45) is 6.17. The normalized spacial score (nSPS) is 18.8. The van der Waals surface area contributed by atoms with Crippen molar-refractivity contribution in [2.24, 2.45) is 11.3 Å². The van der Waals surface area contributed by atoms with E-state index in [1.54, 1.807) is 0 Å². The summed E-state index contributed by atoms with van der Waals surface area (Å²) in [5, 5.41) is 14.5. The summed E-state index contributed by atoms with van der Waals surface area (Å²) in [4.78, 5) is 22.6. The van der Waals surface area contributed by atoms with Crippen LogP contribution >= 0.6 is 0 Å². The molecule has 1 fully saturated rings. The fourth-order valence-corrected chi connectivity index (χ4v) is 2.64. The van der Waals surface area contributed by atoms with E-state index in [4.69, 9.17) is 5.11 Å².